The van der Waals surface area contributed by atoms with E-state index in [0.29, 0.717) is 12.1 Å². The summed E-state index contributed by atoms with van der Waals surface area (Å²) in [5, 5.41) is 5.00. The molecule has 1 heterocycles. The monoisotopic (exact) mass is 226 g/mol. The van der Waals surface area contributed by atoms with Crippen LogP contribution in [0.2, 0.25) is 0 Å². The molecule has 0 spiro atoms. The Hall–Kier alpha value is -1.40. The van der Waals surface area contributed by atoms with Crippen molar-refractivity contribution >= 4 is 21.6 Å². The van der Waals surface area contributed by atoms with E-state index in [4.69, 9.17) is 5.14 Å². The number of nitrogens with zero attached hydrogens (tertiary/aromatic N) is 1. The number of benzene rings is 1. The van der Waals surface area contributed by atoms with Crippen LogP contribution in [0.15, 0.2) is 23.1 Å². The van der Waals surface area contributed by atoms with Gasteiger partial charge in [-0.2, -0.15) is 0 Å². The fourth-order valence-electron chi connectivity index (χ4n) is 1.60. The van der Waals surface area contributed by atoms with E-state index in [9.17, 15) is 13.2 Å². The number of fused-ring (bicyclic) bond motifs is 1. The molecule has 0 fully saturated rings. The topological polar surface area (TPSA) is 80.5 Å². The Bertz CT molecular complexity index is 536. The third kappa shape index (κ3) is 1.62. The van der Waals surface area contributed by atoms with Crippen LogP contribution in [0.25, 0.3) is 0 Å². The molecule has 0 atom stereocenters. The number of anilines is 1. The molecule has 0 saturated carbocycles. The zero-order valence-electron chi connectivity index (χ0n) is 8.10. The average Bonchev–Trinajstić information content (AvgIpc) is 2.41. The zero-order chi connectivity index (χ0) is 11.2. The number of primary sulfonamides is 1. The van der Waals surface area contributed by atoms with Crippen molar-refractivity contribution in [1.82, 2.24) is 0 Å². The number of hydrogen-bond donors (Lipinski definition) is 1. The lowest BCUT2D eigenvalue weighted by molar-refractivity contribution is -0.117. The maximum absolute atomic E-state index is 11.3. The first-order valence-corrected chi connectivity index (χ1v) is 5.86. The number of carbonyl (C=O) groups excluding carboxylic acids is 1. The van der Waals surface area contributed by atoms with Gasteiger partial charge in [-0.3, -0.25) is 4.79 Å². The predicted molar refractivity (Wildman–Crippen MR) is 54.9 cm³/mol. The molecule has 1 aromatic carbocycles. The quantitative estimate of drug-likeness (QED) is 0.723. The van der Waals surface area contributed by atoms with Crippen molar-refractivity contribution < 1.29 is 13.2 Å². The van der Waals surface area contributed by atoms with Crippen LogP contribution in [0, 0.1) is 0 Å². The highest BCUT2D eigenvalue weighted by Crippen LogP contribution is 2.29. The summed E-state index contributed by atoms with van der Waals surface area (Å²) < 4.78 is 22.2. The Balaban J connectivity index is 2.58. The standard InChI is InChI=1S/C9H10N2O3S/c1-11-8-5-7(15(10,13)14)3-2-6(8)4-9(11)12/h2-3,5H,4H2,1H3,(H2,10,13,14). The second kappa shape index (κ2) is 3.04. The van der Waals surface area contributed by atoms with Crippen molar-refractivity contribution in [2.24, 2.45) is 5.14 Å². The number of nitrogens with two attached hydrogens (primary N) is 1. The lowest BCUT2D eigenvalue weighted by Gasteiger charge is -2.10. The van der Waals surface area contributed by atoms with Crippen LogP contribution < -0.4 is 10.0 Å². The largest absolute Gasteiger partial charge is 0.315 e. The number of carbonyl (C=O) groups is 1. The summed E-state index contributed by atoms with van der Waals surface area (Å²) in [6, 6.07) is 4.46. The summed E-state index contributed by atoms with van der Waals surface area (Å²) in [6.07, 6.45) is 0.316. The Labute approximate surface area is 87.5 Å². The maximum Gasteiger partial charge on any atom is 0.238 e. The minimum atomic E-state index is -3.70. The summed E-state index contributed by atoms with van der Waals surface area (Å²) in [5.41, 5.74) is 1.45. The van der Waals surface area contributed by atoms with Gasteiger partial charge in [0.15, 0.2) is 0 Å². The molecule has 2 N–H and O–H groups in total. The molecule has 1 aliphatic rings. The molecule has 6 heteroatoms. The molecule has 0 radical (unpaired) electrons. The van der Waals surface area contributed by atoms with Crippen LogP contribution in [0.1, 0.15) is 5.56 Å². The highest BCUT2D eigenvalue weighted by molar-refractivity contribution is 7.89. The van der Waals surface area contributed by atoms with Crippen molar-refractivity contribution in [2.45, 2.75) is 11.3 Å². The lowest BCUT2D eigenvalue weighted by Crippen LogP contribution is -2.21. The highest BCUT2D eigenvalue weighted by atomic mass is 32.2. The molecule has 1 aromatic rings. The van der Waals surface area contributed by atoms with Gasteiger partial charge in [-0.1, -0.05) is 6.07 Å². The summed E-state index contributed by atoms with van der Waals surface area (Å²) in [6.45, 7) is 0. The van der Waals surface area contributed by atoms with E-state index in [2.05, 4.69) is 0 Å². The van der Waals surface area contributed by atoms with Crippen molar-refractivity contribution in [2.75, 3.05) is 11.9 Å². The zero-order valence-corrected chi connectivity index (χ0v) is 8.91. The van der Waals surface area contributed by atoms with Gasteiger partial charge in [0.1, 0.15) is 0 Å². The van der Waals surface area contributed by atoms with Crippen LogP contribution in [0.4, 0.5) is 5.69 Å². The smallest absolute Gasteiger partial charge is 0.238 e. The van der Waals surface area contributed by atoms with Crippen molar-refractivity contribution in [3.05, 3.63) is 23.8 Å². The van der Waals surface area contributed by atoms with E-state index in [0.717, 1.165) is 5.56 Å². The third-order valence-electron chi connectivity index (χ3n) is 2.46. The Morgan fingerprint density at radius 2 is 2.07 bits per heavy atom. The minimum Gasteiger partial charge on any atom is -0.315 e. The maximum atomic E-state index is 11.3. The molecule has 0 aliphatic carbocycles. The number of likely N-dealkylation sites (N-methyl/N-ethyl adjacent to an activating group) is 1. The average molecular weight is 226 g/mol. The predicted octanol–water partition coefficient (Wildman–Crippen LogP) is -0.147. The number of hydrogen-bond acceptors (Lipinski definition) is 3. The van der Waals surface area contributed by atoms with Crippen LogP contribution in [0.3, 0.4) is 0 Å². The molecule has 80 valence electrons. The van der Waals surface area contributed by atoms with Crippen molar-refractivity contribution in [3.8, 4) is 0 Å². The van der Waals surface area contributed by atoms with Crippen LogP contribution in [-0.4, -0.2) is 21.4 Å². The van der Waals surface area contributed by atoms with Gasteiger partial charge in [0.2, 0.25) is 15.9 Å². The van der Waals surface area contributed by atoms with Crippen LogP contribution >= 0.6 is 0 Å². The highest BCUT2D eigenvalue weighted by Gasteiger charge is 2.25. The molecule has 1 amide bonds. The van der Waals surface area contributed by atoms with Gasteiger partial charge in [0, 0.05) is 12.7 Å². The van der Waals surface area contributed by atoms with E-state index in [1.807, 2.05) is 0 Å². The second-order valence-corrected chi connectivity index (χ2v) is 5.03. The summed E-state index contributed by atoms with van der Waals surface area (Å²) >= 11 is 0. The molecule has 2 rings (SSSR count). The third-order valence-corrected chi connectivity index (χ3v) is 3.37. The van der Waals surface area contributed by atoms with Gasteiger partial charge in [-0.15, -0.1) is 0 Å². The molecule has 5 nitrogen and oxygen atoms in total. The number of amides is 1. The minimum absolute atomic E-state index is 0.0304. The van der Waals surface area contributed by atoms with Gasteiger partial charge < -0.3 is 4.90 Å². The van der Waals surface area contributed by atoms with Crippen molar-refractivity contribution in [1.29, 1.82) is 0 Å². The molecule has 0 unspecified atom stereocenters. The van der Waals surface area contributed by atoms with E-state index < -0.39 is 10.0 Å². The van der Waals surface area contributed by atoms with Crippen molar-refractivity contribution in [3.63, 3.8) is 0 Å². The summed E-state index contributed by atoms with van der Waals surface area (Å²) in [7, 11) is -2.09. The molecular weight excluding hydrogens is 216 g/mol. The van der Waals surface area contributed by atoms with E-state index >= 15 is 0 Å². The molecule has 15 heavy (non-hydrogen) atoms. The molecule has 0 saturated heterocycles. The Kier molecular flexibility index (Phi) is 2.06. The van der Waals surface area contributed by atoms with Gasteiger partial charge in [-0.25, -0.2) is 13.6 Å². The van der Waals surface area contributed by atoms with Crippen LogP contribution in [-0.2, 0) is 21.2 Å². The van der Waals surface area contributed by atoms with Gasteiger partial charge in [0.05, 0.1) is 11.3 Å². The Morgan fingerprint density at radius 3 is 2.67 bits per heavy atom. The van der Waals surface area contributed by atoms with Gasteiger partial charge >= 0.3 is 0 Å². The van der Waals surface area contributed by atoms with E-state index in [1.54, 1.807) is 13.1 Å². The number of rotatable bonds is 1. The lowest BCUT2D eigenvalue weighted by atomic mass is 10.2. The summed E-state index contributed by atoms with van der Waals surface area (Å²) in [5.74, 6) is -0.0448. The normalized spacial score (nSPS) is 15.6. The molecule has 0 bridgehead atoms. The van der Waals surface area contributed by atoms with E-state index in [1.165, 1.54) is 17.0 Å². The molecule has 0 aromatic heterocycles. The Morgan fingerprint density at radius 1 is 1.40 bits per heavy atom. The van der Waals surface area contributed by atoms with E-state index in [-0.39, 0.29) is 10.8 Å². The van der Waals surface area contributed by atoms with Gasteiger partial charge in [0.25, 0.3) is 0 Å². The fourth-order valence-corrected chi connectivity index (χ4v) is 2.13. The molecular formula is C9H10N2O3S. The summed E-state index contributed by atoms with van der Waals surface area (Å²) in [4.78, 5) is 12.8. The SMILES string of the molecule is CN1C(=O)Cc2ccc(S(N)(=O)=O)cc21. The second-order valence-electron chi connectivity index (χ2n) is 3.47. The van der Waals surface area contributed by atoms with Gasteiger partial charge in [-0.05, 0) is 17.7 Å². The first-order chi connectivity index (χ1) is 6.89. The molecule has 1 aliphatic heterocycles. The van der Waals surface area contributed by atoms with Crippen LogP contribution in [0.5, 0.6) is 0 Å². The first-order valence-electron chi connectivity index (χ1n) is 4.32. The fraction of sp³-hybridized carbons (Fsp3) is 0.222. The number of sulfonamides is 1. The first kappa shape index (κ1) is 10.1.